The first kappa shape index (κ1) is 16.7. The number of hydrogen-bond acceptors (Lipinski definition) is 6. The van der Waals surface area contributed by atoms with E-state index in [2.05, 4.69) is 0 Å². The van der Waals surface area contributed by atoms with Crippen molar-refractivity contribution in [2.24, 2.45) is 5.92 Å². The highest BCUT2D eigenvalue weighted by Gasteiger charge is 2.37. The molecule has 22 heavy (non-hydrogen) atoms. The number of carbonyl (C=O) groups excluding carboxylic acids is 3. The van der Waals surface area contributed by atoms with Crippen molar-refractivity contribution in [2.45, 2.75) is 57.8 Å². The Morgan fingerprint density at radius 3 is 2.64 bits per heavy atom. The summed E-state index contributed by atoms with van der Waals surface area (Å²) in [5.74, 6) is -0.815. The third kappa shape index (κ3) is 4.40. The van der Waals surface area contributed by atoms with E-state index in [1.165, 1.54) is 13.8 Å². The molecule has 1 heterocycles. The first-order valence-corrected chi connectivity index (χ1v) is 7.64. The summed E-state index contributed by atoms with van der Waals surface area (Å²) in [6, 6.07) is 0. The van der Waals surface area contributed by atoms with Gasteiger partial charge in [0.1, 0.15) is 24.6 Å². The maximum absolute atomic E-state index is 12.0. The van der Waals surface area contributed by atoms with Crippen LogP contribution in [0.25, 0.3) is 0 Å². The number of hydrogen-bond donors (Lipinski definition) is 0. The average molecular weight is 310 g/mol. The molecule has 2 unspecified atom stereocenters. The van der Waals surface area contributed by atoms with E-state index in [1.807, 2.05) is 0 Å². The summed E-state index contributed by atoms with van der Waals surface area (Å²) in [5, 5.41) is 0. The molecule has 6 heteroatoms. The predicted molar refractivity (Wildman–Crippen MR) is 77.0 cm³/mol. The van der Waals surface area contributed by atoms with Gasteiger partial charge in [-0.15, -0.1) is 0 Å². The van der Waals surface area contributed by atoms with Crippen LogP contribution in [-0.2, 0) is 28.6 Å². The van der Waals surface area contributed by atoms with Gasteiger partial charge in [0.15, 0.2) is 0 Å². The molecular formula is C16H22O6. The second-order valence-corrected chi connectivity index (χ2v) is 5.72. The minimum absolute atomic E-state index is 0.00493. The summed E-state index contributed by atoms with van der Waals surface area (Å²) in [7, 11) is 0. The first-order valence-electron chi connectivity index (χ1n) is 7.64. The van der Waals surface area contributed by atoms with Crippen molar-refractivity contribution in [1.29, 1.82) is 0 Å². The molecule has 6 nitrogen and oxygen atoms in total. The lowest BCUT2D eigenvalue weighted by Gasteiger charge is -2.35. The molecule has 4 atom stereocenters. The van der Waals surface area contributed by atoms with Crippen molar-refractivity contribution in [3.05, 3.63) is 12.2 Å². The molecule has 0 radical (unpaired) electrons. The normalized spacial score (nSPS) is 31.6. The van der Waals surface area contributed by atoms with Gasteiger partial charge >= 0.3 is 11.9 Å². The molecule has 0 N–H and O–H groups in total. The van der Waals surface area contributed by atoms with Crippen LogP contribution in [0.3, 0.4) is 0 Å². The van der Waals surface area contributed by atoms with Gasteiger partial charge in [-0.3, -0.25) is 14.4 Å². The monoisotopic (exact) mass is 310 g/mol. The largest absolute Gasteiger partial charge is 0.463 e. The molecule has 1 aliphatic carbocycles. The Morgan fingerprint density at radius 1 is 1.23 bits per heavy atom. The molecule has 0 amide bonds. The van der Waals surface area contributed by atoms with Crippen LogP contribution in [0.1, 0.15) is 39.5 Å². The van der Waals surface area contributed by atoms with Gasteiger partial charge in [-0.05, 0) is 18.9 Å². The van der Waals surface area contributed by atoms with Crippen molar-refractivity contribution in [2.75, 3.05) is 6.61 Å². The lowest BCUT2D eigenvalue weighted by molar-refractivity contribution is -0.168. The van der Waals surface area contributed by atoms with Crippen LogP contribution in [0.2, 0.25) is 0 Å². The number of ether oxygens (including phenoxy) is 3. The van der Waals surface area contributed by atoms with Crippen LogP contribution < -0.4 is 0 Å². The number of rotatable bonds is 4. The van der Waals surface area contributed by atoms with Crippen LogP contribution in [0.15, 0.2) is 12.2 Å². The van der Waals surface area contributed by atoms with Crippen LogP contribution in [0, 0.1) is 5.92 Å². The summed E-state index contributed by atoms with van der Waals surface area (Å²) < 4.78 is 16.1. The lowest BCUT2D eigenvalue weighted by atomic mass is 9.83. The minimum Gasteiger partial charge on any atom is -0.463 e. The summed E-state index contributed by atoms with van der Waals surface area (Å²) in [5.41, 5.74) is 0. The van der Waals surface area contributed by atoms with E-state index in [4.69, 9.17) is 14.2 Å². The highest BCUT2D eigenvalue weighted by atomic mass is 16.6. The molecule has 2 aliphatic rings. The van der Waals surface area contributed by atoms with Crippen molar-refractivity contribution in [1.82, 2.24) is 0 Å². The van der Waals surface area contributed by atoms with Gasteiger partial charge in [-0.1, -0.05) is 12.5 Å². The van der Waals surface area contributed by atoms with Crippen molar-refractivity contribution in [3.63, 3.8) is 0 Å². The van der Waals surface area contributed by atoms with Crippen LogP contribution in [-0.4, -0.2) is 42.6 Å². The SMILES string of the molecule is CC(=O)OC[C@H]1OC(C2CCCCC2=O)C=C[C@@H]1OC(C)=O. The highest BCUT2D eigenvalue weighted by molar-refractivity contribution is 5.82. The Bertz CT molecular complexity index is 469. The lowest BCUT2D eigenvalue weighted by Crippen LogP contribution is -2.45. The quantitative estimate of drug-likeness (QED) is 0.579. The first-order chi connectivity index (χ1) is 10.5. The Balaban J connectivity index is 2.06. The average Bonchev–Trinajstić information content (AvgIpc) is 2.46. The molecule has 1 fully saturated rings. The highest BCUT2D eigenvalue weighted by Crippen LogP contribution is 2.30. The molecule has 0 aromatic rings. The van der Waals surface area contributed by atoms with Gasteiger partial charge < -0.3 is 14.2 Å². The van der Waals surface area contributed by atoms with E-state index < -0.39 is 24.1 Å². The molecule has 0 aromatic heterocycles. The molecule has 1 aliphatic heterocycles. The van der Waals surface area contributed by atoms with E-state index in [0.29, 0.717) is 6.42 Å². The molecule has 0 spiro atoms. The van der Waals surface area contributed by atoms with Crippen LogP contribution >= 0.6 is 0 Å². The predicted octanol–water partition coefficient (Wildman–Crippen LogP) is 1.56. The van der Waals surface area contributed by atoms with Gasteiger partial charge in [-0.25, -0.2) is 0 Å². The maximum atomic E-state index is 12.0. The molecule has 1 saturated carbocycles. The zero-order chi connectivity index (χ0) is 16.1. The number of ketones is 1. The van der Waals surface area contributed by atoms with Gasteiger partial charge in [0, 0.05) is 26.2 Å². The third-order valence-electron chi connectivity index (χ3n) is 3.94. The fraction of sp³-hybridized carbons (Fsp3) is 0.688. The molecule has 0 bridgehead atoms. The zero-order valence-electron chi connectivity index (χ0n) is 12.9. The molecule has 0 saturated heterocycles. The zero-order valence-corrected chi connectivity index (χ0v) is 12.9. The standard InChI is InChI=1S/C16H22O6/c1-10(17)20-9-16-15(21-11(2)18)8-7-14(22-16)12-5-3-4-6-13(12)19/h7-8,12,14-16H,3-6,9H2,1-2H3/t12?,14?,15-,16+/m0/s1. The second-order valence-electron chi connectivity index (χ2n) is 5.72. The van der Waals surface area contributed by atoms with E-state index >= 15 is 0 Å². The Morgan fingerprint density at radius 2 is 2.00 bits per heavy atom. The van der Waals surface area contributed by atoms with Gasteiger partial charge in [0.05, 0.1) is 6.10 Å². The Hall–Kier alpha value is -1.69. The number of Topliss-reactive ketones (excluding diaryl/α,β-unsaturated/α-hetero) is 1. The smallest absolute Gasteiger partial charge is 0.303 e. The maximum Gasteiger partial charge on any atom is 0.303 e. The van der Waals surface area contributed by atoms with E-state index in [9.17, 15) is 14.4 Å². The van der Waals surface area contributed by atoms with Crippen molar-refractivity contribution in [3.8, 4) is 0 Å². The third-order valence-corrected chi connectivity index (χ3v) is 3.94. The Kier molecular flexibility index (Phi) is 5.71. The van der Waals surface area contributed by atoms with E-state index in [0.717, 1.165) is 19.3 Å². The summed E-state index contributed by atoms with van der Waals surface area (Å²) in [6.07, 6.45) is 5.29. The number of carbonyl (C=O) groups is 3. The topological polar surface area (TPSA) is 78.9 Å². The fourth-order valence-electron chi connectivity index (χ4n) is 2.89. The van der Waals surface area contributed by atoms with Gasteiger partial charge in [0.25, 0.3) is 0 Å². The minimum atomic E-state index is -0.605. The molecule has 122 valence electrons. The fourth-order valence-corrected chi connectivity index (χ4v) is 2.89. The van der Waals surface area contributed by atoms with Gasteiger partial charge in [-0.2, -0.15) is 0 Å². The second kappa shape index (κ2) is 7.54. The Labute approximate surface area is 129 Å². The van der Waals surface area contributed by atoms with Gasteiger partial charge in [0.2, 0.25) is 0 Å². The summed E-state index contributed by atoms with van der Waals surface area (Å²) in [4.78, 5) is 34.2. The molecular weight excluding hydrogens is 288 g/mol. The van der Waals surface area contributed by atoms with Crippen molar-refractivity contribution >= 4 is 17.7 Å². The van der Waals surface area contributed by atoms with Crippen LogP contribution in [0.4, 0.5) is 0 Å². The van der Waals surface area contributed by atoms with Crippen molar-refractivity contribution < 1.29 is 28.6 Å². The van der Waals surface area contributed by atoms with E-state index in [-0.39, 0.29) is 24.4 Å². The summed E-state index contributed by atoms with van der Waals surface area (Å²) in [6.45, 7) is 2.62. The molecule has 2 rings (SSSR count). The number of esters is 2. The van der Waals surface area contributed by atoms with Crippen LogP contribution in [0.5, 0.6) is 0 Å². The van der Waals surface area contributed by atoms with E-state index in [1.54, 1.807) is 12.2 Å². The molecule has 0 aromatic carbocycles. The summed E-state index contributed by atoms with van der Waals surface area (Å²) >= 11 is 0.